The first-order valence-electron chi connectivity index (χ1n) is 11.5. The highest BCUT2D eigenvalue weighted by atomic mass is 32.2. The van der Waals surface area contributed by atoms with Crippen LogP contribution >= 0.6 is 11.8 Å². The maximum Gasteiger partial charge on any atom is 0.196 e. The number of methoxy groups -OCH3 is 2. The van der Waals surface area contributed by atoms with E-state index in [1.54, 1.807) is 14.2 Å². The zero-order valence-corrected chi connectivity index (χ0v) is 21.3. The van der Waals surface area contributed by atoms with Crippen LogP contribution in [0.5, 0.6) is 5.75 Å². The summed E-state index contributed by atoms with van der Waals surface area (Å²) in [7, 11) is 3.35. The fraction of sp³-hybridized carbons (Fsp3) is 0.296. The van der Waals surface area contributed by atoms with Crippen LogP contribution in [-0.4, -0.2) is 51.7 Å². The Kier molecular flexibility index (Phi) is 8.05. The molecule has 0 N–H and O–H groups in total. The van der Waals surface area contributed by atoms with Crippen molar-refractivity contribution in [1.82, 2.24) is 19.3 Å². The van der Waals surface area contributed by atoms with Crippen molar-refractivity contribution in [2.45, 2.75) is 32.0 Å². The number of ketones is 1. The summed E-state index contributed by atoms with van der Waals surface area (Å²) in [6.07, 6.45) is 0.905. The minimum atomic E-state index is 0.0756. The molecule has 4 rings (SSSR count). The molecule has 0 saturated carbocycles. The van der Waals surface area contributed by atoms with E-state index >= 15 is 0 Å². The summed E-state index contributed by atoms with van der Waals surface area (Å²) < 4.78 is 14.7. The van der Waals surface area contributed by atoms with Gasteiger partial charge in [0.05, 0.1) is 12.9 Å². The number of carbonyl (C=O) groups is 1. The Balaban J connectivity index is 1.60. The third-order valence-electron chi connectivity index (χ3n) is 5.91. The molecule has 7 nitrogen and oxygen atoms in total. The van der Waals surface area contributed by atoms with Crippen molar-refractivity contribution >= 4 is 17.5 Å². The van der Waals surface area contributed by atoms with E-state index in [1.165, 1.54) is 11.8 Å². The van der Waals surface area contributed by atoms with Crippen LogP contribution in [0.15, 0.2) is 65.8 Å². The van der Waals surface area contributed by atoms with Gasteiger partial charge in [-0.2, -0.15) is 0 Å². The fourth-order valence-corrected chi connectivity index (χ4v) is 4.96. The molecule has 0 amide bonds. The number of aromatic nitrogens is 4. The van der Waals surface area contributed by atoms with E-state index < -0.39 is 0 Å². The van der Waals surface area contributed by atoms with Gasteiger partial charge >= 0.3 is 0 Å². The lowest BCUT2D eigenvalue weighted by Gasteiger charge is -2.11. The molecule has 0 saturated heterocycles. The van der Waals surface area contributed by atoms with Gasteiger partial charge in [-0.3, -0.25) is 9.36 Å². The average molecular weight is 491 g/mol. The van der Waals surface area contributed by atoms with E-state index in [-0.39, 0.29) is 11.5 Å². The summed E-state index contributed by atoms with van der Waals surface area (Å²) in [6.45, 7) is 5.57. The number of carbonyl (C=O) groups excluding carboxylic acids is 1. The quantitative estimate of drug-likeness (QED) is 0.160. The van der Waals surface area contributed by atoms with Gasteiger partial charge in [0, 0.05) is 48.5 Å². The number of Topliss-reactive ketones (excluding diaryl/α,β-unsaturated/α-hetero) is 1. The maximum absolute atomic E-state index is 13.2. The molecule has 0 spiro atoms. The maximum atomic E-state index is 13.2. The Morgan fingerprint density at radius 3 is 2.54 bits per heavy atom. The summed E-state index contributed by atoms with van der Waals surface area (Å²) >= 11 is 1.39. The lowest BCUT2D eigenvalue weighted by molar-refractivity contribution is 0.102. The van der Waals surface area contributed by atoms with Crippen LogP contribution in [-0.2, 0) is 11.3 Å². The second kappa shape index (κ2) is 11.4. The predicted molar refractivity (Wildman–Crippen MR) is 139 cm³/mol. The smallest absolute Gasteiger partial charge is 0.196 e. The van der Waals surface area contributed by atoms with Crippen molar-refractivity contribution < 1.29 is 14.3 Å². The fourth-order valence-electron chi connectivity index (χ4n) is 4.12. The number of rotatable bonds is 11. The lowest BCUT2D eigenvalue weighted by atomic mass is 10.2. The third-order valence-corrected chi connectivity index (χ3v) is 6.84. The first-order chi connectivity index (χ1) is 17.0. The first kappa shape index (κ1) is 24.8. The standard InChI is InChI=1S/C27H30N4O3S/c1-19-16-24(20(2)30(19)14-9-15-33-3)25(32)18-35-27-29-28-26(21-10-8-13-23(17-21)34-4)31(27)22-11-6-5-7-12-22/h5-8,10-13,16-17H,9,14-15,18H2,1-4H3. The van der Waals surface area contributed by atoms with Crippen LogP contribution in [0.1, 0.15) is 28.2 Å². The molecule has 2 heterocycles. The summed E-state index contributed by atoms with van der Waals surface area (Å²) in [6, 6.07) is 19.6. The molecule has 0 aliphatic carbocycles. The van der Waals surface area contributed by atoms with Crippen molar-refractivity contribution in [1.29, 1.82) is 0 Å². The van der Waals surface area contributed by atoms with Crippen LogP contribution in [0.3, 0.4) is 0 Å². The molecule has 4 aromatic rings. The molecule has 2 aromatic heterocycles. The minimum Gasteiger partial charge on any atom is -0.497 e. The molecule has 35 heavy (non-hydrogen) atoms. The average Bonchev–Trinajstić information content (AvgIpc) is 3.44. The topological polar surface area (TPSA) is 71.2 Å². The third kappa shape index (κ3) is 5.49. The van der Waals surface area contributed by atoms with Gasteiger partial charge < -0.3 is 14.0 Å². The van der Waals surface area contributed by atoms with Gasteiger partial charge in [-0.25, -0.2) is 0 Å². The van der Waals surface area contributed by atoms with Gasteiger partial charge in [0.15, 0.2) is 16.8 Å². The number of hydrogen-bond acceptors (Lipinski definition) is 6. The zero-order valence-electron chi connectivity index (χ0n) is 20.5. The number of para-hydroxylation sites is 1. The van der Waals surface area contributed by atoms with Gasteiger partial charge in [-0.05, 0) is 50.6 Å². The van der Waals surface area contributed by atoms with Crippen LogP contribution in [0, 0.1) is 13.8 Å². The highest BCUT2D eigenvalue weighted by molar-refractivity contribution is 7.99. The monoisotopic (exact) mass is 490 g/mol. The van der Waals surface area contributed by atoms with Crippen LogP contribution in [0.2, 0.25) is 0 Å². The second-order valence-corrected chi connectivity index (χ2v) is 9.15. The van der Waals surface area contributed by atoms with E-state index in [4.69, 9.17) is 9.47 Å². The number of benzene rings is 2. The number of ether oxygens (including phenoxy) is 2. The summed E-state index contributed by atoms with van der Waals surface area (Å²) in [4.78, 5) is 13.2. The van der Waals surface area contributed by atoms with E-state index in [0.29, 0.717) is 17.6 Å². The second-order valence-electron chi connectivity index (χ2n) is 8.20. The van der Waals surface area contributed by atoms with Gasteiger partial charge in [0.1, 0.15) is 5.75 Å². The SMILES string of the molecule is COCCCn1c(C)cc(C(=O)CSc2nnc(-c3cccc(OC)c3)n2-c2ccccc2)c1C. The largest absolute Gasteiger partial charge is 0.497 e. The number of thioether (sulfide) groups is 1. The van der Waals surface area contributed by atoms with Crippen molar-refractivity contribution in [2.75, 3.05) is 26.6 Å². The van der Waals surface area contributed by atoms with Crippen molar-refractivity contribution in [3.63, 3.8) is 0 Å². The molecule has 8 heteroatoms. The Labute approximate surface area is 210 Å². The number of hydrogen-bond donors (Lipinski definition) is 0. The van der Waals surface area contributed by atoms with Crippen LogP contribution in [0.4, 0.5) is 0 Å². The van der Waals surface area contributed by atoms with Crippen molar-refractivity contribution in [3.05, 3.63) is 77.6 Å². The Morgan fingerprint density at radius 2 is 1.80 bits per heavy atom. The molecule has 0 aliphatic heterocycles. The molecule has 0 bridgehead atoms. The van der Waals surface area contributed by atoms with Gasteiger partial charge in [-0.1, -0.05) is 42.1 Å². The van der Waals surface area contributed by atoms with Gasteiger partial charge in [0.25, 0.3) is 0 Å². The molecule has 0 fully saturated rings. The highest BCUT2D eigenvalue weighted by Gasteiger charge is 2.20. The minimum absolute atomic E-state index is 0.0756. The molecule has 2 aromatic carbocycles. The molecule has 0 unspecified atom stereocenters. The summed E-state index contributed by atoms with van der Waals surface area (Å²) in [5.74, 6) is 1.79. The summed E-state index contributed by atoms with van der Waals surface area (Å²) in [5.41, 5.74) is 4.65. The first-order valence-corrected chi connectivity index (χ1v) is 12.5. The number of nitrogens with zero attached hydrogens (tertiary/aromatic N) is 4. The molecular formula is C27H30N4O3S. The van der Waals surface area contributed by atoms with Crippen molar-refractivity contribution in [2.24, 2.45) is 0 Å². The zero-order chi connectivity index (χ0) is 24.8. The Bertz CT molecular complexity index is 1300. The highest BCUT2D eigenvalue weighted by Crippen LogP contribution is 2.30. The van der Waals surface area contributed by atoms with E-state index in [2.05, 4.69) is 14.8 Å². The van der Waals surface area contributed by atoms with Crippen LogP contribution in [0.25, 0.3) is 17.1 Å². The molecule has 0 atom stereocenters. The van der Waals surface area contributed by atoms with Crippen molar-refractivity contribution in [3.8, 4) is 22.8 Å². The predicted octanol–water partition coefficient (Wildman–Crippen LogP) is 5.37. The number of aryl methyl sites for hydroxylation is 1. The Morgan fingerprint density at radius 1 is 1.00 bits per heavy atom. The van der Waals surface area contributed by atoms with Crippen LogP contribution < -0.4 is 4.74 Å². The molecule has 182 valence electrons. The summed E-state index contributed by atoms with van der Waals surface area (Å²) in [5, 5.41) is 9.59. The van der Waals surface area contributed by atoms with E-state index in [0.717, 1.165) is 46.9 Å². The molecule has 0 radical (unpaired) electrons. The normalized spacial score (nSPS) is 11.1. The van der Waals surface area contributed by atoms with E-state index in [1.807, 2.05) is 79.1 Å². The van der Waals surface area contributed by atoms with Gasteiger partial charge in [0.2, 0.25) is 0 Å². The Hall–Kier alpha value is -3.36. The van der Waals surface area contributed by atoms with E-state index in [9.17, 15) is 4.79 Å². The molecule has 0 aliphatic rings. The van der Waals surface area contributed by atoms with Gasteiger partial charge in [-0.15, -0.1) is 10.2 Å². The molecular weight excluding hydrogens is 460 g/mol. The lowest BCUT2D eigenvalue weighted by Crippen LogP contribution is -2.08.